The van der Waals surface area contributed by atoms with Crippen LogP contribution in [0.15, 0.2) is 29.2 Å². The van der Waals surface area contributed by atoms with E-state index in [1.165, 1.54) is 38.1 Å². The Balaban J connectivity index is 3.03. The van der Waals surface area contributed by atoms with Crippen molar-refractivity contribution >= 4 is 16.1 Å². The maximum Gasteiger partial charge on any atom is 0.181 e. The second-order valence-corrected chi connectivity index (χ2v) is 6.15. The highest BCUT2D eigenvalue weighted by molar-refractivity contribution is 7.91. The van der Waals surface area contributed by atoms with Crippen LogP contribution in [0.3, 0.4) is 0 Å². The summed E-state index contributed by atoms with van der Waals surface area (Å²) >= 11 is 0. The molecular formula is C11H13FO3S. The molecule has 0 N–H and O–H groups in total. The summed E-state index contributed by atoms with van der Waals surface area (Å²) in [5, 5.41) is 0. The molecule has 0 amide bonds. The lowest BCUT2D eigenvalue weighted by Crippen LogP contribution is -2.25. The minimum atomic E-state index is -3.63. The van der Waals surface area contributed by atoms with Crippen molar-refractivity contribution in [2.45, 2.75) is 24.4 Å². The van der Waals surface area contributed by atoms with Crippen LogP contribution in [0.4, 0.5) is 4.39 Å². The summed E-state index contributed by atoms with van der Waals surface area (Å²) in [4.78, 5) is 10.4. The molecule has 0 radical (unpaired) electrons. The SMILES string of the molecule is CC(C)(F)CS(=O)(=O)c1ccc(C=O)cc1. The molecule has 0 atom stereocenters. The first-order valence-electron chi connectivity index (χ1n) is 4.71. The molecule has 0 aromatic heterocycles. The molecule has 0 aliphatic carbocycles. The van der Waals surface area contributed by atoms with Crippen LogP contribution in [0, 0.1) is 0 Å². The molecule has 1 rings (SSSR count). The molecular weight excluding hydrogens is 231 g/mol. The third-order valence-corrected chi connectivity index (χ3v) is 3.97. The number of halogens is 1. The summed E-state index contributed by atoms with van der Waals surface area (Å²) in [6.45, 7) is 2.43. The number of aldehydes is 1. The van der Waals surface area contributed by atoms with Gasteiger partial charge in [0.15, 0.2) is 9.84 Å². The quantitative estimate of drug-likeness (QED) is 0.761. The summed E-state index contributed by atoms with van der Waals surface area (Å²) in [5.41, 5.74) is -1.39. The van der Waals surface area contributed by atoms with Gasteiger partial charge in [-0.15, -0.1) is 0 Å². The Morgan fingerprint density at radius 1 is 1.25 bits per heavy atom. The number of alkyl halides is 1. The van der Waals surface area contributed by atoms with Crippen molar-refractivity contribution in [3.63, 3.8) is 0 Å². The van der Waals surface area contributed by atoms with Crippen molar-refractivity contribution in [3.05, 3.63) is 29.8 Å². The van der Waals surface area contributed by atoms with Gasteiger partial charge in [0.2, 0.25) is 0 Å². The predicted molar refractivity (Wildman–Crippen MR) is 59.1 cm³/mol. The molecule has 0 aliphatic heterocycles. The molecule has 0 unspecified atom stereocenters. The van der Waals surface area contributed by atoms with Gasteiger partial charge in [0.25, 0.3) is 0 Å². The van der Waals surface area contributed by atoms with Crippen LogP contribution in [-0.4, -0.2) is 26.1 Å². The van der Waals surface area contributed by atoms with E-state index in [0.29, 0.717) is 11.8 Å². The Morgan fingerprint density at radius 2 is 1.75 bits per heavy atom. The Labute approximate surface area is 94.2 Å². The van der Waals surface area contributed by atoms with Crippen LogP contribution >= 0.6 is 0 Å². The molecule has 0 spiro atoms. The fraction of sp³-hybridized carbons (Fsp3) is 0.364. The van der Waals surface area contributed by atoms with Crippen LogP contribution in [0.2, 0.25) is 0 Å². The van der Waals surface area contributed by atoms with E-state index in [9.17, 15) is 17.6 Å². The molecule has 16 heavy (non-hydrogen) atoms. The van der Waals surface area contributed by atoms with Crippen molar-refractivity contribution in [2.75, 3.05) is 5.75 Å². The van der Waals surface area contributed by atoms with Gasteiger partial charge in [-0.05, 0) is 26.0 Å². The van der Waals surface area contributed by atoms with E-state index >= 15 is 0 Å². The average Bonchev–Trinajstić information content (AvgIpc) is 2.14. The van der Waals surface area contributed by atoms with Gasteiger partial charge in [0.05, 0.1) is 10.6 Å². The van der Waals surface area contributed by atoms with Gasteiger partial charge >= 0.3 is 0 Å². The Kier molecular flexibility index (Phi) is 3.48. The van der Waals surface area contributed by atoms with Crippen molar-refractivity contribution in [1.82, 2.24) is 0 Å². The monoisotopic (exact) mass is 244 g/mol. The minimum absolute atomic E-state index is 0.0313. The standard InChI is InChI=1S/C11H13FO3S/c1-11(2,12)8-16(14,15)10-5-3-9(7-13)4-6-10/h3-7H,8H2,1-2H3. The first-order chi connectivity index (χ1) is 7.24. The molecule has 3 nitrogen and oxygen atoms in total. The second-order valence-electron chi connectivity index (χ2n) is 4.16. The van der Waals surface area contributed by atoms with Crippen LogP contribution in [0.5, 0.6) is 0 Å². The summed E-state index contributed by atoms with van der Waals surface area (Å²) in [5.74, 6) is -0.569. The molecule has 0 saturated heterocycles. The maximum atomic E-state index is 13.3. The number of hydrogen-bond acceptors (Lipinski definition) is 3. The van der Waals surface area contributed by atoms with Gasteiger partial charge in [0.1, 0.15) is 12.0 Å². The summed E-state index contributed by atoms with van der Waals surface area (Å²) in [6.07, 6.45) is 0.621. The molecule has 5 heteroatoms. The van der Waals surface area contributed by atoms with E-state index in [1.54, 1.807) is 0 Å². The highest BCUT2D eigenvalue weighted by Crippen LogP contribution is 2.19. The maximum absolute atomic E-state index is 13.3. The molecule has 0 heterocycles. The zero-order chi connectivity index (χ0) is 12.4. The smallest absolute Gasteiger partial charge is 0.181 e. The Morgan fingerprint density at radius 3 is 2.12 bits per heavy atom. The normalized spacial score (nSPS) is 12.4. The van der Waals surface area contributed by atoms with E-state index in [1.807, 2.05) is 0 Å². The molecule has 1 aromatic carbocycles. The van der Waals surface area contributed by atoms with Gasteiger partial charge in [-0.1, -0.05) is 12.1 Å². The number of benzene rings is 1. The molecule has 88 valence electrons. The van der Waals surface area contributed by atoms with Gasteiger partial charge in [-0.2, -0.15) is 0 Å². The summed E-state index contributed by atoms with van der Waals surface area (Å²) in [7, 11) is -3.63. The predicted octanol–water partition coefficient (Wildman–Crippen LogP) is 2.02. The van der Waals surface area contributed by atoms with E-state index in [2.05, 4.69) is 0 Å². The van der Waals surface area contributed by atoms with E-state index < -0.39 is 21.3 Å². The zero-order valence-electron chi connectivity index (χ0n) is 9.10. The third-order valence-electron chi connectivity index (χ3n) is 1.91. The molecule has 0 saturated carbocycles. The highest BCUT2D eigenvalue weighted by atomic mass is 32.2. The summed E-state index contributed by atoms with van der Waals surface area (Å²) < 4.78 is 36.7. The Bertz CT molecular complexity index is 469. The van der Waals surface area contributed by atoms with Gasteiger partial charge in [-0.25, -0.2) is 12.8 Å². The fourth-order valence-electron chi connectivity index (χ4n) is 1.29. The van der Waals surface area contributed by atoms with Crippen molar-refractivity contribution in [2.24, 2.45) is 0 Å². The second kappa shape index (κ2) is 4.33. The van der Waals surface area contributed by atoms with Crippen LogP contribution in [0.1, 0.15) is 24.2 Å². The van der Waals surface area contributed by atoms with Gasteiger partial charge in [-0.3, -0.25) is 4.79 Å². The number of carbonyl (C=O) groups excluding carboxylic acids is 1. The van der Waals surface area contributed by atoms with Gasteiger partial charge in [0, 0.05) is 5.56 Å². The lowest BCUT2D eigenvalue weighted by Gasteiger charge is -2.14. The topological polar surface area (TPSA) is 51.2 Å². The van der Waals surface area contributed by atoms with E-state index in [4.69, 9.17) is 0 Å². The minimum Gasteiger partial charge on any atom is -0.298 e. The van der Waals surface area contributed by atoms with Crippen molar-refractivity contribution < 1.29 is 17.6 Å². The van der Waals surface area contributed by atoms with E-state index in [-0.39, 0.29) is 4.90 Å². The largest absolute Gasteiger partial charge is 0.298 e. The number of carbonyl (C=O) groups is 1. The lowest BCUT2D eigenvalue weighted by molar-refractivity contribution is 0.112. The first-order valence-corrected chi connectivity index (χ1v) is 6.37. The average molecular weight is 244 g/mol. The fourth-order valence-corrected chi connectivity index (χ4v) is 2.91. The van der Waals surface area contributed by atoms with Crippen LogP contribution in [0.25, 0.3) is 0 Å². The highest BCUT2D eigenvalue weighted by Gasteiger charge is 2.26. The van der Waals surface area contributed by atoms with Crippen LogP contribution in [-0.2, 0) is 9.84 Å². The first kappa shape index (κ1) is 12.8. The van der Waals surface area contributed by atoms with Crippen LogP contribution < -0.4 is 0 Å². The number of sulfone groups is 1. The molecule has 0 aliphatic rings. The van der Waals surface area contributed by atoms with Crippen molar-refractivity contribution in [3.8, 4) is 0 Å². The Hall–Kier alpha value is -1.23. The third kappa shape index (κ3) is 3.41. The molecule has 0 fully saturated rings. The number of rotatable bonds is 4. The van der Waals surface area contributed by atoms with E-state index in [0.717, 1.165) is 0 Å². The number of hydrogen-bond donors (Lipinski definition) is 0. The molecule has 1 aromatic rings. The molecule has 0 bridgehead atoms. The van der Waals surface area contributed by atoms with Crippen molar-refractivity contribution in [1.29, 1.82) is 0 Å². The van der Waals surface area contributed by atoms with Gasteiger partial charge < -0.3 is 0 Å². The summed E-state index contributed by atoms with van der Waals surface area (Å²) in [6, 6.07) is 5.41. The zero-order valence-corrected chi connectivity index (χ0v) is 9.92. The lowest BCUT2D eigenvalue weighted by atomic mass is 10.2.